The zero-order chi connectivity index (χ0) is 18.8. The lowest BCUT2D eigenvalue weighted by atomic mass is 10.0. The minimum absolute atomic E-state index is 0.000270. The van der Waals surface area contributed by atoms with Gasteiger partial charge in [0.1, 0.15) is 5.58 Å². The lowest BCUT2D eigenvalue weighted by Gasteiger charge is -2.21. The number of hydrogen-bond acceptors (Lipinski definition) is 5. The van der Waals surface area contributed by atoms with Crippen LogP contribution < -0.4 is 10.5 Å². The number of anilines is 1. The number of aryl methyl sites for hydroxylation is 1. The maximum atomic E-state index is 12.5. The highest BCUT2D eigenvalue weighted by molar-refractivity contribution is 5.85. The summed E-state index contributed by atoms with van der Waals surface area (Å²) in [5.74, 6) is 0. The standard InChI is InChI=1S/C20H20N2O4/c1-4-21(5-2)15-7-6-14-11-18(20(23)26-19(14)12-15)17-9-8-16(22(24)25)10-13(17)3/h6-12H,4-5H2,1-3H3. The van der Waals surface area contributed by atoms with Crippen LogP contribution >= 0.6 is 0 Å². The molecule has 0 saturated carbocycles. The number of nitrogens with zero attached hydrogens (tertiary/aromatic N) is 2. The summed E-state index contributed by atoms with van der Waals surface area (Å²) >= 11 is 0. The van der Waals surface area contributed by atoms with Gasteiger partial charge in [0.05, 0.1) is 10.5 Å². The largest absolute Gasteiger partial charge is 0.422 e. The molecule has 0 aliphatic carbocycles. The highest BCUT2D eigenvalue weighted by Crippen LogP contribution is 2.28. The van der Waals surface area contributed by atoms with Crippen molar-refractivity contribution in [1.82, 2.24) is 0 Å². The number of nitro groups is 1. The Morgan fingerprint density at radius 2 is 1.77 bits per heavy atom. The van der Waals surface area contributed by atoms with Gasteiger partial charge in [-0.1, -0.05) is 0 Å². The number of nitro benzene ring substituents is 1. The molecule has 0 spiro atoms. The predicted molar refractivity (Wildman–Crippen MR) is 103 cm³/mol. The van der Waals surface area contributed by atoms with Gasteiger partial charge in [-0.25, -0.2) is 4.79 Å². The Labute approximate surface area is 150 Å². The molecule has 6 nitrogen and oxygen atoms in total. The highest BCUT2D eigenvalue weighted by atomic mass is 16.6. The van der Waals surface area contributed by atoms with Gasteiger partial charge in [0.2, 0.25) is 0 Å². The second-order valence-electron chi connectivity index (χ2n) is 6.10. The summed E-state index contributed by atoms with van der Waals surface area (Å²) in [6.07, 6.45) is 0. The number of hydrogen-bond donors (Lipinski definition) is 0. The van der Waals surface area contributed by atoms with Gasteiger partial charge in [-0.3, -0.25) is 10.1 Å². The molecule has 0 radical (unpaired) electrons. The molecule has 1 aromatic heterocycles. The van der Waals surface area contributed by atoms with E-state index in [1.54, 1.807) is 19.1 Å². The zero-order valence-electron chi connectivity index (χ0n) is 15.0. The summed E-state index contributed by atoms with van der Waals surface area (Å²) in [7, 11) is 0. The van der Waals surface area contributed by atoms with E-state index in [1.807, 2.05) is 18.2 Å². The van der Waals surface area contributed by atoms with E-state index in [-0.39, 0.29) is 5.69 Å². The van der Waals surface area contributed by atoms with Gasteiger partial charge in [0.15, 0.2) is 0 Å². The van der Waals surface area contributed by atoms with Crippen LogP contribution in [0.5, 0.6) is 0 Å². The van der Waals surface area contributed by atoms with Crippen molar-refractivity contribution in [2.45, 2.75) is 20.8 Å². The van der Waals surface area contributed by atoms with Crippen LogP contribution in [0.2, 0.25) is 0 Å². The molecule has 26 heavy (non-hydrogen) atoms. The molecule has 0 amide bonds. The van der Waals surface area contributed by atoms with Gasteiger partial charge in [0, 0.05) is 42.4 Å². The normalized spacial score (nSPS) is 10.9. The molecular formula is C20H20N2O4. The van der Waals surface area contributed by atoms with Crippen molar-refractivity contribution in [3.8, 4) is 11.1 Å². The molecule has 3 aromatic rings. The minimum atomic E-state index is -0.453. The molecule has 0 bridgehead atoms. The van der Waals surface area contributed by atoms with Crippen LogP contribution in [0.4, 0.5) is 11.4 Å². The van der Waals surface area contributed by atoms with E-state index >= 15 is 0 Å². The fraction of sp³-hybridized carbons (Fsp3) is 0.250. The smallest absolute Gasteiger partial charge is 0.344 e. The number of non-ortho nitro benzene ring substituents is 1. The molecule has 3 rings (SSSR count). The lowest BCUT2D eigenvalue weighted by Crippen LogP contribution is -2.21. The maximum absolute atomic E-state index is 12.5. The van der Waals surface area contributed by atoms with Crippen molar-refractivity contribution >= 4 is 22.3 Å². The Morgan fingerprint density at radius 3 is 2.38 bits per heavy atom. The van der Waals surface area contributed by atoms with Gasteiger partial charge < -0.3 is 9.32 Å². The molecule has 0 aliphatic rings. The Kier molecular flexibility index (Phi) is 4.75. The summed E-state index contributed by atoms with van der Waals surface area (Å²) in [6.45, 7) is 7.63. The molecule has 6 heteroatoms. The SMILES string of the molecule is CCN(CC)c1ccc2cc(-c3ccc([N+](=O)[O-])cc3C)c(=O)oc2c1. The van der Waals surface area contributed by atoms with Gasteiger partial charge in [-0.2, -0.15) is 0 Å². The first-order chi connectivity index (χ1) is 12.4. The van der Waals surface area contributed by atoms with Crippen molar-refractivity contribution in [2.75, 3.05) is 18.0 Å². The second kappa shape index (κ2) is 7.00. The first-order valence-electron chi connectivity index (χ1n) is 8.52. The van der Waals surface area contributed by atoms with Crippen LogP contribution in [-0.4, -0.2) is 18.0 Å². The van der Waals surface area contributed by atoms with Crippen molar-refractivity contribution in [3.63, 3.8) is 0 Å². The quantitative estimate of drug-likeness (QED) is 0.383. The third kappa shape index (κ3) is 3.18. The predicted octanol–water partition coefficient (Wildman–Crippen LogP) is 4.52. The monoisotopic (exact) mass is 352 g/mol. The van der Waals surface area contributed by atoms with Crippen molar-refractivity contribution in [1.29, 1.82) is 0 Å². The summed E-state index contributed by atoms with van der Waals surface area (Å²) in [5, 5.41) is 11.7. The number of benzene rings is 2. The van der Waals surface area contributed by atoms with Crippen molar-refractivity contribution < 1.29 is 9.34 Å². The lowest BCUT2D eigenvalue weighted by molar-refractivity contribution is -0.384. The summed E-state index contributed by atoms with van der Waals surface area (Å²) in [4.78, 5) is 25.1. The van der Waals surface area contributed by atoms with Crippen molar-refractivity contribution in [2.24, 2.45) is 0 Å². The summed E-state index contributed by atoms with van der Waals surface area (Å²) in [5.41, 5.74) is 2.78. The molecule has 2 aromatic carbocycles. The molecule has 1 heterocycles. The fourth-order valence-corrected chi connectivity index (χ4v) is 3.14. The molecule has 0 atom stereocenters. The average molecular weight is 352 g/mol. The third-order valence-corrected chi connectivity index (χ3v) is 4.56. The van der Waals surface area contributed by atoms with Crippen LogP contribution in [0.3, 0.4) is 0 Å². The topological polar surface area (TPSA) is 76.6 Å². The molecule has 134 valence electrons. The second-order valence-corrected chi connectivity index (χ2v) is 6.10. The van der Waals surface area contributed by atoms with E-state index in [9.17, 15) is 14.9 Å². The Bertz CT molecular complexity index is 1040. The van der Waals surface area contributed by atoms with Crippen LogP contribution in [0, 0.1) is 17.0 Å². The van der Waals surface area contributed by atoms with E-state index in [0.717, 1.165) is 24.2 Å². The van der Waals surface area contributed by atoms with E-state index in [1.165, 1.54) is 12.1 Å². The molecular weight excluding hydrogens is 332 g/mol. The van der Waals surface area contributed by atoms with E-state index in [0.29, 0.717) is 22.3 Å². The molecule has 0 aliphatic heterocycles. The number of fused-ring (bicyclic) bond motifs is 1. The first kappa shape index (κ1) is 17.7. The molecule has 0 N–H and O–H groups in total. The van der Waals surface area contributed by atoms with Gasteiger partial charge >= 0.3 is 5.63 Å². The highest BCUT2D eigenvalue weighted by Gasteiger charge is 2.14. The van der Waals surface area contributed by atoms with Crippen LogP contribution in [0.25, 0.3) is 22.1 Å². The minimum Gasteiger partial charge on any atom is -0.422 e. The van der Waals surface area contributed by atoms with E-state index in [2.05, 4.69) is 18.7 Å². The van der Waals surface area contributed by atoms with Gasteiger partial charge in [-0.15, -0.1) is 0 Å². The van der Waals surface area contributed by atoms with Crippen LogP contribution in [0.1, 0.15) is 19.4 Å². The maximum Gasteiger partial charge on any atom is 0.344 e. The molecule has 0 fully saturated rings. The average Bonchev–Trinajstić information content (AvgIpc) is 2.62. The first-order valence-corrected chi connectivity index (χ1v) is 8.52. The van der Waals surface area contributed by atoms with Crippen molar-refractivity contribution in [3.05, 3.63) is 68.6 Å². The fourth-order valence-electron chi connectivity index (χ4n) is 3.14. The Balaban J connectivity index is 2.11. The van der Waals surface area contributed by atoms with E-state index in [4.69, 9.17) is 4.42 Å². The molecule has 0 saturated heterocycles. The van der Waals surface area contributed by atoms with Crippen LogP contribution in [-0.2, 0) is 0 Å². The summed E-state index contributed by atoms with van der Waals surface area (Å²) < 4.78 is 5.54. The van der Waals surface area contributed by atoms with Crippen LogP contribution in [0.15, 0.2) is 51.7 Å². The third-order valence-electron chi connectivity index (χ3n) is 4.56. The number of rotatable bonds is 5. The van der Waals surface area contributed by atoms with E-state index < -0.39 is 10.5 Å². The Morgan fingerprint density at radius 1 is 1.04 bits per heavy atom. The Hall–Kier alpha value is -3.15. The van der Waals surface area contributed by atoms with Gasteiger partial charge in [-0.05, 0) is 56.2 Å². The van der Waals surface area contributed by atoms with Gasteiger partial charge in [0.25, 0.3) is 5.69 Å². The summed E-state index contributed by atoms with van der Waals surface area (Å²) in [6, 6.07) is 12.0. The zero-order valence-corrected chi connectivity index (χ0v) is 15.0. The molecule has 0 unspecified atom stereocenters.